The summed E-state index contributed by atoms with van der Waals surface area (Å²) in [7, 11) is 0. The van der Waals surface area contributed by atoms with Gasteiger partial charge in [0, 0.05) is 10.7 Å². The van der Waals surface area contributed by atoms with Gasteiger partial charge in [-0.25, -0.2) is 4.98 Å². The molecule has 0 aliphatic heterocycles. The summed E-state index contributed by atoms with van der Waals surface area (Å²) < 4.78 is 5.84. The number of nitrogens with zero attached hydrogens (tertiary/aromatic N) is 1. The second-order valence-electron chi connectivity index (χ2n) is 7.31. The maximum absolute atomic E-state index is 5.84. The number of halogens is 1. The summed E-state index contributed by atoms with van der Waals surface area (Å²) in [6, 6.07) is 0. The van der Waals surface area contributed by atoms with E-state index in [9.17, 15) is 0 Å². The molecule has 1 aromatic heterocycles. The molecule has 3 heteroatoms. The summed E-state index contributed by atoms with van der Waals surface area (Å²) in [4.78, 5) is 4.40. The minimum atomic E-state index is 0.318. The fourth-order valence-electron chi connectivity index (χ4n) is 5.78. The van der Waals surface area contributed by atoms with E-state index in [-0.39, 0.29) is 0 Å². The van der Waals surface area contributed by atoms with Crippen molar-refractivity contribution in [2.75, 3.05) is 0 Å². The van der Waals surface area contributed by atoms with Gasteiger partial charge in [0.25, 0.3) is 0 Å². The average Bonchev–Trinajstić information content (AvgIpc) is 2.73. The van der Waals surface area contributed by atoms with Crippen LogP contribution in [0, 0.1) is 17.3 Å². The SMILES string of the molecule is CC12CC3CC(C1)CC(c1ocnc1CBr)(C3)C2. The largest absolute Gasteiger partial charge is 0.448 e. The molecule has 4 aliphatic rings. The van der Waals surface area contributed by atoms with Gasteiger partial charge in [-0.1, -0.05) is 22.9 Å². The molecule has 4 aliphatic carbocycles. The van der Waals surface area contributed by atoms with Crippen LogP contribution in [0.4, 0.5) is 0 Å². The molecule has 0 spiro atoms. The van der Waals surface area contributed by atoms with Crippen molar-refractivity contribution in [1.29, 1.82) is 0 Å². The third kappa shape index (κ3) is 1.49. The average molecular weight is 310 g/mol. The molecule has 1 aromatic rings. The zero-order valence-electron chi connectivity index (χ0n) is 10.9. The Balaban J connectivity index is 1.80. The molecule has 18 heavy (non-hydrogen) atoms. The Labute approximate surface area is 117 Å². The Hall–Kier alpha value is -0.310. The van der Waals surface area contributed by atoms with Crippen molar-refractivity contribution in [2.45, 2.75) is 56.2 Å². The molecule has 5 rings (SSSR count). The van der Waals surface area contributed by atoms with Crippen LogP contribution in [0.25, 0.3) is 0 Å². The van der Waals surface area contributed by atoms with Crippen LogP contribution in [-0.2, 0) is 10.7 Å². The van der Waals surface area contributed by atoms with E-state index < -0.39 is 0 Å². The molecular formula is C15H20BrNO. The van der Waals surface area contributed by atoms with Crippen molar-refractivity contribution in [3.05, 3.63) is 17.8 Å². The van der Waals surface area contributed by atoms with E-state index in [4.69, 9.17) is 4.42 Å². The van der Waals surface area contributed by atoms with Crippen molar-refractivity contribution in [1.82, 2.24) is 4.98 Å². The van der Waals surface area contributed by atoms with Gasteiger partial charge in [-0.3, -0.25) is 0 Å². The Morgan fingerprint density at radius 2 is 2.06 bits per heavy atom. The van der Waals surface area contributed by atoms with Gasteiger partial charge < -0.3 is 4.42 Å². The summed E-state index contributed by atoms with van der Waals surface area (Å²) >= 11 is 3.56. The van der Waals surface area contributed by atoms with E-state index in [1.54, 1.807) is 6.39 Å². The highest BCUT2D eigenvalue weighted by molar-refractivity contribution is 9.08. The molecule has 1 heterocycles. The molecule has 4 bridgehead atoms. The smallest absolute Gasteiger partial charge is 0.181 e. The molecule has 2 unspecified atom stereocenters. The van der Waals surface area contributed by atoms with Gasteiger partial charge in [0.05, 0.1) is 5.69 Å². The maximum atomic E-state index is 5.84. The van der Waals surface area contributed by atoms with Crippen LogP contribution in [0.5, 0.6) is 0 Å². The lowest BCUT2D eigenvalue weighted by molar-refractivity contribution is -0.0692. The highest BCUT2D eigenvalue weighted by Gasteiger charge is 2.58. The molecule has 0 aromatic carbocycles. The van der Waals surface area contributed by atoms with Gasteiger partial charge in [0.1, 0.15) is 5.76 Å². The lowest BCUT2D eigenvalue weighted by Crippen LogP contribution is -2.53. The van der Waals surface area contributed by atoms with Crippen LogP contribution >= 0.6 is 15.9 Å². The minimum Gasteiger partial charge on any atom is -0.448 e. The Kier molecular flexibility index (Phi) is 2.31. The first-order valence-corrected chi connectivity index (χ1v) is 8.23. The molecule has 4 saturated carbocycles. The van der Waals surface area contributed by atoms with Crippen LogP contribution in [0.1, 0.15) is 56.9 Å². The fraction of sp³-hybridized carbons (Fsp3) is 0.800. The Morgan fingerprint density at radius 3 is 2.67 bits per heavy atom. The van der Waals surface area contributed by atoms with Gasteiger partial charge >= 0.3 is 0 Å². The first-order valence-electron chi connectivity index (χ1n) is 7.11. The first-order chi connectivity index (χ1) is 8.62. The number of hydrogen-bond donors (Lipinski definition) is 0. The van der Waals surface area contributed by atoms with Crippen LogP contribution in [0.3, 0.4) is 0 Å². The van der Waals surface area contributed by atoms with Crippen molar-refractivity contribution in [3.8, 4) is 0 Å². The predicted molar refractivity (Wildman–Crippen MR) is 73.6 cm³/mol. The molecule has 2 atom stereocenters. The number of oxazole rings is 1. The highest BCUT2D eigenvalue weighted by atomic mass is 79.9. The third-order valence-corrected chi connectivity index (χ3v) is 6.13. The van der Waals surface area contributed by atoms with Crippen LogP contribution in [-0.4, -0.2) is 4.98 Å². The normalized spacial score (nSPS) is 45.7. The summed E-state index contributed by atoms with van der Waals surface area (Å²) in [6.07, 6.45) is 10.0. The van der Waals surface area contributed by atoms with E-state index >= 15 is 0 Å². The topological polar surface area (TPSA) is 26.0 Å². The second-order valence-corrected chi connectivity index (χ2v) is 7.87. The third-order valence-electron chi connectivity index (χ3n) is 5.60. The van der Waals surface area contributed by atoms with E-state index in [0.717, 1.165) is 22.9 Å². The van der Waals surface area contributed by atoms with Crippen molar-refractivity contribution in [2.24, 2.45) is 17.3 Å². The molecule has 2 nitrogen and oxygen atoms in total. The molecule has 4 fully saturated rings. The lowest BCUT2D eigenvalue weighted by Gasteiger charge is -2.60. The molecular weight excluding hydrogens is 290 g/mol. The molecule has 0 amide bonds. The minimum absolute atomic E-state index is 0.318. The van der Waals surface area contributed by atoms with Crippen LogP contribution in [0.2, 0.25) is 0 Å². The van der Waals surface area contributed by atoms with Crippen molar-refractivity contribution < 1.29 is 4.42 Å². The molecule has 0 saturated heterocycles. The van der Waals surface area contributed by atoms with Gasteiger partial charge in [-0.2, -0.15) is 0 Å². The van der Waals surface area contributed by atoms with Gasteiger partial charge in [0.2, 0.25) is 0 Å². The van der Waals surface area contributed by atoms with Gasteiger partial charge in [-0.05, 0) is 55.8 Å². The number of hydrogen-bond acceptors (Lipinski definition) is 2. The van der Waals surface area contributed by atoms with E-state index in [1.165, 1.54) is 44.3 Å². The number of aromatic nitrogens is 1. The lowest BCUT2D eigenvalue weighted by atomic mass is 9.44. The Bertz CT molecular complexity index is 467. The monoisotopic (exact) mass is 309 g/mol. The van der Waals surface area contributed by atoms with E-state index in [0.29, 0.717) is 10.8 Å². The summed E-state index contributed by atoms with van der Waals surface area (Å²) in [5, 5.41) is 0.826. The zero-order chi connectivity index (χ0) is 12.4. The first kappa shape index (κ1) is 11.5. The van der Waals surface area contributed by atoms with Crippen LogP contribution < -0.4 is 0 Å². The standard InChI is InChI=1S/C15H20BrNO/c1-14-3-10-2-11(4-14)6-15(5-10,8-14)13-12(7-16)17-9-18-13/h9-11H,2-8H2,1H3. The maximum Gasteiger partial charge on any atom is 0.181 e. The Morgan fingerprint density at radius 1 is 1.33 bits per heavy atom. The summed E-state index contributed by atoms with van der Waals surface area (Å²) in [5.74, 6) is 3.08. The zero-order valence-corrected chi connectivity index (χ0v) is 12.5. The summed E-state index contributed by atoms with van der Waals surface area (Å²) in [5.41, 5.74) is 2.03. The van der Waals surface area contributed by atoms with E-state index in [1.807, 2.05) is 0 Å². The van der Waals surface area contributed by atoms with Crippen LogP contribution in [0.15, 0.2) is 10.8 Å². The second kappa shape index (κ2) is 3.62. The van der Waals surface area contributed by atoms with Crippen molar-refractivity contribution in [3.63, 3.8) is 0 Å². The fourth-order valence-corrected chi connectivity index (χ4v) is 6.18. The molecule has 0 N–H and O–H groups in total. The molecule has 98 valence electrons. The van der Waals surface area contributed by atoms with Gasteiger partial charge in [-0.15, -0.1) is 0 Å². The number of alkyl halides is 1. The molecule has 0 radical (unpaired) electrons. The van der Waals surface area contributed by atoms with Crippen molar-refractivity contribution >= 4 is 15.9 Å². The number of rotatable bonds is 2. The predicted octanol–water partition coefficient (Wildman–Crippen LogP) is 4.43. The highest BCUT2D eigenvalue weighted by Crippen LogP contribution is 2.65. The van der Waals surface area contributed by atoms with Gasteiger partial charge in [0.15, 0.2) is 6.39 Å². The summed E-state index contributed by atoms with van der Waals surface area (Å²) in [6.45, 7) is 2.50. The van der Waals surface area contributed by atoms with E-state index in [2.05, 4.69) is 27.8 Å². The quantitative estimate of drug-likeness (QED) is 0.755.